The molecule has 5 heteroatoms. The van der Waals surface area contributed by atoms with Gasteiger partial charge in [-0.3, -0.25) is 9.88 Å². The SMILES string of the molecule is CCC(c1cccnc1)N(C)Cc1cc(OC)c(OC)cc1F. The fourth-order valence-electron chi connectivity index (χ4n) is 2.77. The van der Waals surface area contributed by atoms with Crippen LogP contribution in [0.3, 0.4) is 0 Å². The van der Waals surface area contributed by atoms with Crippen molar-refractivity contribution in [2.45, 2.75) is 25.9 Å². The summed E-state index contributed by atoms with van der Waals surface area (Å²) in [5.41, 5.74) is 1.70. The third-order valence-corrected chi connectivity index (χ3v) is 3.96. The summed E-state index contributed by atoms with van der Waals surface area (Å²) in [4.78, 5) is 6.29. The normalized spacial score (nSPS) is 12.3. The predicted molar refractivity (Wildman–Crippen MR) is 88.2 cm³/mol. The molecular formula is C18H23FN2O2. The zero-order valence-electron chi connectivity index (χ0n) is 14.0. The fourth-order valence-corrected chi connectivity index (χ4v) is 2.77. The number of halogens is 1. The molecule has 2 aromatic rings. The molecule has 0 saturated heterocycles. The maximum absolute atomic E-state index is 14.3. The summed E-state index contributed by atoms with van der Waals surface area (Å²) in [7, 11) is 5.03. The van der Waals surface area contributed by atoms with E-state index in [4.69, 9.17) is 9.47 Å². The number of hydrogen-bond donors (Lipinski definition) is 0. The lowest BCUT2D eigenvalue weighted by atomic mass is 10.0. The summed E-state index contributed by atoms with van der Waals surface area (Å²) in [6.45, 7) is 2.58. The Morgan fingerprint density at radius 3 is 2.48 bits per heavy atom. The first-order valence-electron chi connectivity index (χ1n) is 7.61. The Morgan fingerprint density at radius 2 is 1.91 bits per heavy atom. The first kappa shape index (κ1) is 17.2. The van der Waals surface area contributed by atoms with Crippen LogP contribution in [0.4, 0.5) is 4.39 Å². The molecule has 124 valence electrons. The van der Waals surface area contributed by atoms with Crippen LogP contribution in [-0.4, -0.2) is 31.2 Å². The Hall–Kier alpha value is -2.14. The molecular weight excluding hydrogens is 295 g/mol. The monoisotopic (exact) mass is 318 g/mol. The van der Waals surface area contributed by atoms with Crippen molar-refractivity contribution in [3.05, 3.63) is 53.6 Å². The second-order valence-electron chi connectivity index (χ2n) is 5.42. The lowest BCUT2D eigenvalue weighted by Gasteiger charge is -2.27. The first-order chi connectivity index (χ1) is 11.1. The molecule has 0 spiro atoms. The molecule has 0 fully saturated rings. The Balaban J connectivity index is 2.23. The molecule has 1 unspecified atom stereocenters. The first-order valence-corrected chi connectivity index (χ1v) is 7.61. The van der Waals surface area contributed by atoms with E-state index < -0.39 is 0 Å². The number of nitrogens with zero attached hydrogens (tertiary/aromatic N) is 2. The maximum atomic E-state index is 14.3. The highest BCUT2D eigenvalue weighted by Crippen LogP contribution is 2.31. The van der Waals surface area contributed by atoms with Gasteiger partial charge in [-0.1, -0.05) is 13.0 Å². The van der Waals surface area contributed by atoms with Crippen molar-refractivity contribution in [3.8, 4) is 11.5 Å². The van der Waals surface area contributed by atoms with Crippen molar-refractivity contribution < 1.29 is 13.9 Å². The topological polar surface area (TPSA) is 34.6 Å². The van der Waals surface area contributed by atoms with E-state index in [0.29, 0.717) is 23.6 Å². The summed E-state index contributed by atoms with van der Waals surface area (Å²) >= 11 is 0. The van der Waals surface area contributed by atoms with E-state index in [0.717, 1.165) is 12.0 Å². The van der Waals surface area contributed by atoms with Crippen molar-refractivity contribution in [2.24, 2.45) is 0 Å². The van der Waals surface area contributed by atoms with Crippen LogP contribution >= 0.6 is 0 Å². The van der Waals surface area contributed by atoms with Crippen LogP contribution in [0.2, 0.25) is 0 Å². The van der Waals surface area contributed by atoms with Gasteiger partial charge in [-0.25, -0.2) is 4.39 Å². The van der Waals surface area contributed by atoms with Crippen LogP contribution in [0.5, 0.6) is 11.5 Å². The number of benzene rings is 1. The highest BCUT2D eigenvalue weighted by molar-refractivity contribution is 5.43. The molecule has 0 bridgehead atoms. The molecule has 4 nitrogen and oxygen atoms in total. The summed E-state index contributed by atoms with van der Waals surface area (Å²) in [5.74, 6) is 0.637. The van der Waals surface area contributed by atoms with Crippen LogP contribution in [0.15, 0.2) is 36.7 Å². The van der Waals surface area contributed by atoms with Crippen molar-refractivity contribution in [2.75, 3.05) is 21.3 Å². The van der Waals surface area contributed by atoms with Crippen molar-refractivity contribution in [1.29, 1.82) is 0 Å². The van der Waals surface area contributed by atoms with Crippen molar-refractivity contribution in [3.63, 3.8) is 0 Å². The average molecular weight is 318 g/mol. The quantitative estimate of drug-likeness (QED) is 0.777. The van der Waals surface area contributed by atoms with Crippen LogP contribution < -0.4 is 9.47 Å². The van der Waals surface area contributed by atoms with Crippen LogP contribution in [0, 0.1) is 5.82 Å². The van der Waals surface area contributed by atoms with E-state index in [2.05, 4.69) is 16.8 Å². The van der Waals surface area contributed by atoms with Gasteiger partial charge in [0.25, 0.3) is 0 Å². The van der Waals surface area contributed by atoms with Gasteiger partial charge in [-0.05, 0) is 31.2 Å². The molecule has 0 radical (unpaired) electrons. The molecule has 0 aliphatic carbocycles. The van der Waals surface area contributed by atoms with Gasteiger partial charge in [-0.2, -0.15) is 0 Å². The second kappa shape index (κ2) is 7.92. The van der Waals surface area contributed by atoms with Crippen molar-refractivity contribution >= 4 is 0 Å². The molecule has 0 aliphatic heterocycles. The molecule has 0 aliphatic rings. The van der Waals surface area contributed by atoms with Gasteiger partial charge < -0.3 is 9.47 Å². The van der Waals surface area contributed by atoms with E-state index in [1.165, 1.54) is 13.2 Å². The highest BCUT2D eigenvalue weighted by Gasteiger charge is 2.18. The maximum Gasteiger partial charge on any atom is 0.163 e. The van der Waals surface area contributed by atoms with Crippen LogP contribution in [-0.2, 0) is 6.54 Å². The number of ether oxygens (including phenoxy) is 2. The molecule has 1 aromatic heterocycles. The molecule has 0 amide bonds. The zero-order valence-corrected chi connectivity index (χ0v) is 14.0. The second-order valence-corrected chi connectivity index (χ2v) is 5.42. The number of hydrogen-bond acceptors (Lipinski definition) is 4. The molecule has 23 heavy (non-hydrogen) atoms. The summed E-state index contributed by atoms with van der Waals surface area (Å²) in [6, 6.07) is 7.20. The predicted octanol–water partition coefficient (Wildman–Crippen LogP) is 3.82. The minimum Gasteiger partial charge on any atom is -0.493 e. The minimum atomic E-state index is -0.296. The van der Waals surface area contributed by atoms with E-state index >= 15 is 0 Å². The minimum absolute atomic E-state index is 0.177. The van der Waals surface area contributed by atoms with Gasteiger partial charge in [0, 0.05) is 36.6 Å². The largest absolute Gasteiger partial charge is 0.493 e. The van der Waals surface area contributed by atoms with Gasteiger partial charge in [-0.15, -0.1) is 0 Å². The Bertz CT molecular complexity index is 634. The smallest absolute Gasteiger partial charge is 0.163 e. The molecule has 1 aromatic carbocycles. The molecule has 0 saturated carbocycles. The van der Waals surface area contributed by atoms with Crippen LogP contribution in [0.25, 0.3) is 0 Å². The molecule has 0 N–H and O–H groups in total. The number of pyridine rings is 1. The summed E-state index contributed by atoms with van der Waals surface area (Å²) < 4.78 is 24.7. The third-order valence-electron chi connectivity index (χ3n) is 3.96. The van der Waals surface area contributed by atoms with Crippen LogP contribution in [0.1, 0.15) is 30.5 Å². The number of methoxy groups -OCH3 is 2. The Morgan fingerprint density at radius 1 is 1.22 bits per heavy atom. The van der Waals surface area contributed by atoms with Gasteiger partial charge in [0.15, 0.2) is 11.5 Å². The number of rotatable bonds is 7. The lowest BCUT2D eigenvalue weighted by Crippen LogP contribution is -2.24. The Kier molecular flexibility index (Phi) is 5.93. The zero-order chi connectivity index (χ0) is 16.8. The lowest BCUT2D eigenvalue weighted by molar-refractivity contribution is 0.226. The fraction of sp³-hybridized carbons (Fsp3) is 0.389. The van der Waals surface area contributed by atoms with E-state index in [-0.39, 0.29) is 11.9 Å². The highest BCUT2D eigenvalue weighted by atomic mass is 19.1. The molecule has 1 heterocycles. The van der Waals surface area contributed by atoms with Gasteiger partial charge >= 0.3 is 0 Å². The van der Waals surface area contributed by atoms with E-state index in [1.807, 2.05) is 25.4 Å². The summed E-state index contributed by atoms with van der Waals surface area (Å²) in [6.07, 6.45) is 4.52. The number of aromatic nitrogens is 1. The summed E-state index contributed by atoms with van der Waals surface area (Å²) in [5, 5.41) is 0. The Labute approximate surface area is 136 Å². The van der Waals surface area contributed by atoms with E-state index in [9.17, 15) is 4.39 Å². The van der Waals surface area contributed by atoms with Gasteiger partial charge in [0.2, 0.25) is 0 Å². The third kappa shape index (κ3) is 3.99. The van der Waals surface area contributed by atoms with Gasteiger partial charge in [0.1, 0.15) is 5.82 Å². The van der Waals surface area contributed by atoms with E-state index in [1.54, 1.807) is 19.4 Å². The van der Waals surface area contributed by atoms with Crippen molar-refractivity contribution in [1.82, 2.24) is 9.88 Å². The standard InChI is InChI=1S/C18H23FN2O2/c1-5-16(13-7-6-8-20-11-13)21(2)12-14-9-17(22-3)18(23-4)10-15(14)19/h6-11,16H,5,12H2,1-4H3. The molecule has 1 atom stereocenters. The van der Waals surface area contributed by atoms with Gasteiger partial charge in [0.05, 0.1) is 14.2 Å². The average Bonchev–Trinajstić information content (AvgIpc) is 2.58. The molecule has 2 rings (SSSR count).